The Labute approximate surface area is 150 Å². The lowest BCUT2D eigenvalue weighted by atomic mass is 10.1. The molecule has 0 aliphatic rings. The van der Waals surface area contributed by atoms with Gasteiger partial charge in [0.15, 0.2) is 0 Å². The standard InChI is InChI=1S/C20H19FN2O3/c1-13-19(14(2)26-23-13)11-20(24)22-17-7-3-5-15(9-17)12-25-18-8-4-6-16(21)10-18/h3-10H,11-12H2,1-2H3,(H,22,24). The van der Waals surface area contributed by atoms with Crippen LogP contribution in [-0.2, 0) is 17.8 Å². The smallest absolute Gasteiger partial charge is 0.228 e. The fourth-order valence-electron chi connectivity index (χ4n) is 2.58. The molecule has 1 heterocycles. The fourth-order valence-corrected chi connectivity index (χ4v) is 2.58. The van der Waals surface area contributed by atoms with Crippen molar-refractivity contribution < 1.29 is 18.4 Å². The number of nitrogens with one attached hydrogen (secondary N) is 1. The number of hydrogen-bond donors (Lipinski definition) is 1. The Morgan fingerprint density at radius 2 is 2.00 bits per heavy atom. The van der Waals surface area contributed by atoms with Crippen LogP contribution in [0, 0.1) is 19.7 Å². The first kappa shape index (κ1) is 17.7. The molecule has 0 aliphatic carbocycles. The summed E-state index contributed by atoms with van der Waals surface area (Å²) in [5.41, 5.74) is 3.05. The molecule has 0 unspecified atom stereocenters. The molecule has 2 aromatic carbocycles. The molecular formula is C20H19FN2O3. The first-order valence-corrected chi connectivity index (χ1v) is 8.20. The number of anilines is 1. The fraction of sp³-hybridized carbons (Fsp3) is 0.200. The summed E-state index contributed by atoms with van der Waals surface area (Å²) < 4.78 is 23.8. The van der Waals surface area contributed by atoms with Gasteiger partial charge < -0.3 is 14.6 Å². The molecule has 1 N–H and O–H groups in total. The zero-order valence-corrected chi connectivity index (χ0v) is 14.6. The number of ether oxygens (including phenoxy) is 1. The third-order valence-electron chi connectivity index (χ3n) is 3.93. The van der Waals surface area contributed by atoms with Gasteiger partial charge in [0, 0.05) is 17.3 Å². The number of halogens is 1. The van der Waals surface area contributed by atoms with Crippen molar-refractivity contribution in [1.82, 2.24) is 5.16 Å². The first-order valence-electron chi connectivity index (χ1n) is 8.20. The van der Waals surface area contributed by atoms with E-state index in [0.717, 1.165) is 16.8 Å². The Kier molecular flexibility index (Phi) is 5.31. The second-order valence-electron chi connectivity index (χ2n) is 5.97. The molecule has 26 heavy (non-hydrogen) atoms. The van der Waals surface area contributed by atoms with Gasteiger partial charge in [-0.3, -0.25) is 4.79 Å². The van der Waals surface area contributed by atoms with E-state index < -0.39 is 0 Å². The van der Waals surface area contributed by atoms with Crippen LogP contribution in [0.3, 0.4) is 0 Å². The van der Waals surface area contributed by atoms with E-state index in [4.69, 9.17) is 9.26 Å². The second kappa shape index (κ2) is 7.82. The number of hydrogen-bond acceptors (Lipinski definition) is 4. The monoisotopic (exact) mass is 354 g/mol. The summed E-state index contributed by atoms with van der Waals surface area (Å²) >= 11 is 0. The molecule has 0 aliphatic heterocycles. The van der Waals surface area contributed by atoms with Crippen LogP contribution in [0.25, 0.3) is 0 Å². The quantitative estimate of drug-likeness (QED) is 0.721. The van der Waals surface area contributed by atoms with Crippen LogP contribution >= 0.6 is 0 Å². The summed E-state index contributed by atoms with van der Waals surface area (Å²) in [6.45, 7) is 3.87. The van der Waals surface area contributed by atoms with Gasteiger partial charge in [0.25, 0.3) is 0 Å². The van der Waals surface area contributed by atoms with Crippen molar-refractivity contribution in [2.75, 3.05) is 5.32 Å². The van der Waals surface area contributed by atoms with Gasteiger partial charge in [-0.2, -0.15) is 0 Å². The van der Waals surface area contributed by atoms with E-state index in [2.05, 4.69) is 10.5 Å². The van der Waals surface area contributed by atoms with Gasteiger partial charge in [-0.25, -0.2) is 4.39 Å². The van der Waals surface area contributed by atoms with Gasteiger partial charge >= 0.3 is 0 Å². The topological polar surface area (TPSA) is 64.4 Å². The van der Waals surface area contributed by atoms with Crippen LogP contribution in [0.4, 0.5) is 10.1 Å². The zero-order chi connectivity index (χ0) is 18.5. The number of aromatic nitrogens is 1. The van der Waals surface area contributed by atoms with Gasteiger partial charge in [-0.1, -0.05) is 23.4 Å². The first-order chi connectivity index (χ1) is 12.5. The predicted octanol–water partition coefficient (Wildman–Crippen LogP) is 4.19. The average molecular weight is 354 g/mol. The molecule has 3 aromatic rings. The normalized spacial score (nSPS) is 10.6. The summed E-state index contributed by atoms with van der Waals surface area (Å²) in [5.74, 6) is 0.609. The highest BCUT2D eigenvalue weighted by Crippen LogP contribution is 2.17. The molecule has 5 nitrogen and oxygen atoms in total. The number of carbonyl (C=O) groups excluding carboxylic acids is 1. The van der Waals surface area contributed by atoms with E-state index >= 15 is 0 Å². The van der Waals surface area contributed by atoms with E-state index in [1.54, 1.807) is 25.1 Å². The molecule has 3 rings (SSSR count). The van der Waals surface area contributed by atoms with Crippen molar-refractivity contribution in [3.63, 3.8) is 0 Å². The largest absolute Gasteiger partial charge is 0.489 e. The summed E-state index contributed by atoms with van der Waals surface area (Å²) in [7, 11) is 0. The van der Waals surface area contributed by atoms with Crippen molar-refractivity contribution in [2.45, 2.75) is 26.9 Å². The van der Waals surface area contributed by atoms with E-state index in [-0.39, 0.29) is 24.8 Å². The number of aryl methyl sites for hydroxylation is 2. The Hall–Kier alpha value is -3.15. The van der Waals surface area contributed by atoms with Crippen LogP contribution in [0.15, 0.2) is 53.1 Å². The van der Waals surface area contributed by atoms with Crippen LogP contribution < -0.4 is 10.1 Å². The molecule has 1 amide bonds. The molecule has 0 saturated carbocycles. The van der Waals surface area contributed by atoms with Crippen LogP contribution in [0.2, 0.25) is 0 Å². The van der Waals surface area contributed by atoms with Crippen molar-refractivity contribution >= 4 is 11.6 Å². The van der Waals surface area contributed by atoms with E-state index in [1.165, 1.54) is 12.1 Å². The van der Waals surface area contributed by atoms with Gasteiger partial charge in [0.05, 0.1) is 12.1 Å². The number of benzene rings is 2. The Morgan fingerprint density at radius 1 is 1.19 bits per heavy atom. The Balaban J connectivity index is 1.61. The lowest BCUT2D eigenvalue weighted by molar-refractivity contribution is -0.115. The third-order valence-corrected chi connectivity index (χ3v) is 3.93. The van der Waals surface area contributed by atoms with Crippen molar-refractivity contribution in [3.8, 4) is 5.75 Å². The molecular weight excluding hydrogens is 335 g/mol. The molecule has 134 valence electrons. The van der Waals surface area contributed by atoms with E-state index in [0.29, 0.717) is 17.2 Å². The maximum Gasteiger partial charge on any atom is 0.228 e. The van der Waals surface area contributed by atoms with Crippen LogP contribution in [-0.4, -0.2) is 11.1 Å². The lowest BCUT2D eigenvalue weighted by Crippen LogP contribution is -2.15. The maximum atomic E-state index is 13.2. The predicted molar refractivity (Wildman–Crippen MR) is 95.5 cm³/mol. The third kappa shape index (κ3) is 4.47. The average Bonchev–Trinajstić information content (AvgIpc) is 2.92. The Bertz CT molecular complexity index is 901. The molecule has 0 saturated heterocycles. The molecule has 6 heteroatoms. The minimum Gasteiger partial charge on any atom is -0.489 e. The van der Waals surface area contributed by atoms with Gasteiger partial charge in [-0.15, -0.1) is 0 Å². The van der Waals surface area contributed by atoms with E-state index in [1.807, 2.05) is 25.1 Å². The Morgan fingerprint density at radius 3 is 2.73 bits per heavy atom. The molecule has 0 fully saturated rings. The molecule has 0 atom stereocenters. The minimum absolute atomic E-state index is 0.150. The van der Waals surface area contributed by atoms with Gasteiger partial charge in [0.2, 0.25) is 5.91 Å². The molecule has 0 spiro atoms. The zero-order valence-electron chi connectivity index (χ0n) is 14.6. The van der Waals surface area contributed by atoms with Crippen molar-refractivity contribution in [1.29, 1.82) is 0 Å². The highest BCUT2D eigenvalue weighted by Gasteiger charge is 2.13. The second-order valence-corrected chi connectivity index (χ2v) is 5.97. The summed E-state index contributed by atoms with van der Waals surface area (Å²) in [6.07, 6.45) is 0.200. The highest BCUT2D eigenvalue weighted by molar-refractivity contribution is 5.92. The molecule has 0 bridgehead atoms. The van der Waals surface area contributed by atoms with Crippen LogP contribution in [0.1, 0.15) is 22.6 Å². The number of amides is 1. The SMILES string of the molecule is Cc1noc(C)c1CC(=O)Nc1cccc(COc2cccc(F)c2)c1. The highest BCUT2D eigenvalue weighted by atomic mass is 19.1. The molecule has 1 aromatic heterocycles. The summed E-state index contributed by atoms with van der Waals surface area (Å²) in [4.78, 5) is 12.3. The van der Waals surface area contributed by atoms with E-state index in [9.17, 15) is 9.18 Å². The summed E-state index contributed by atoms with van der Waals surface area (Å²) in [5, 5.41) is 6.71. The number of carbonyl (C=O) groups is 1. The van der Waals surface area contributed by atoms with Crippen molar-refractivity contribution in [3.05, 3.63) is 76.9 Å². The maximum absolute atomic E-state index is 13.2. The minimum atomic E-state index is -0.345. The number of nitrogens with zero attached hydrogens (tertiary/aromatic N) is 1. The number of rotatable bonds is 6. The van der Waals surface area contributed by atoms with Crippen LogP contribution in [0.5, 0.6) is 5.75 Å². The lowest BCUT2D eigenvalue weighted by Gasteiger charge is -2.09. The van der Waals surface area contributed by atoms with Gasteiger partial charge in [-0.05, 0) is 43.7 Å². The summed E-state index contributed by atoms with van der Waals surface area (Å²) in [6, 6.07) is 13.3. The molecule has 0 radical (unpaired) electrons. The van der Waals surface area contributed by atoms with Crippen molar-refractivity contribution in [2.24, 2.45) is 0 Å². The van der Waals surface area contributed by atoms with Gasteiger partial charge in [0.1, 0.15) is 23.9 Å².